The van der Waals surface area contributed by atoms with Crippen LogP contribution in [0, 0.1) is 0 Å². The average molecular weight is 225 g/mol. The van der Waals surface area contributed by atoms with Gasteiger partial charge >= 0.3 is 5.97 Å². The van der Waals surface area contributed by atoms with Crippen molar-refractivity contribution in [2.75, 3.05) is 20.8 Å². The Bertz CT molecular complexity index is 378. The van der Waals surface area contributed by atoms with Gasteiger partial charge in [0, 0.05) is 6.54 Å². The molecule has 0 spiro atoms. The van der Waals surface area contributed by atoms with Gasteiger partial charge in [0.25, 0.3) is 0 Å². The van der Waals surface area contributed by atoms with Crippen molar-refractivity contribution in [1.82, 2.24) is 0 Å². The van der Waals surface area contributed by atoms with Gasteiger partial charge in [0.15, 0.2) is 11.5 Å². The lowest BCUT2D eigenvalue weighted by atomic mass is 9.99. The van der Waals surface area contributed by atoms with E-state index in [1.807, 2.05) is 0 Å². The molecule has 5 heteroatoms. The molecule has 0 amide bonds. The topological polar surface area (TPSA) is 81.8 Å². The number of nitrogens with two attached hydrogens (primary N) is 1. The van der Waals surface area contributed by atoms with Gasteiger partial charge in [-0.1, -0.05) is 6.07 Å². The Kier molecular flexibility index (Phi) is 4.13. The van der Waals surface area contributed by atoms with E-state index in [9.17, 15) is 4.79 Å². The zero-order valence-electron chi connectivity index (χ0n) is 9.27. The largest absolute Gasteiger partial charge is 0.493 e. The van der Waals surface area contributed by atoms with E-state index in [4.69, 9.17) is 20.3 Å². The fourth-order valence-corrected chi connectivity index (χ4v) is 1.45. The van der Waals surface area contributed by atoms with Crippen LogP contribution in [0.3, 0.4) is 0 Å². The van der Waals surface area contributed by atoms with Crippen LogP contribution in [-0.4, -0.2) is 31.8 Å². The van der Waals surface area contributed by atoms with Crippen molar-refractivity contribution in [2.24, 2.45) is 5.73 Å². The van der Waals surface area contributed by atoms with Gasteiger partial charge in [0.2, 0.25) is 0 Å². The summed E-state index contributed by atoms with van der Waals surface area (Å²) in [7, 11) is 3.02. The van der Waals surface area contributed by atoms with Gasteiger partial charge in [0.05, 0.1) is 20.1 Å². The molecule has 0 aliphatic carbocycles. The van der Waals surface area contributed by atoms with Gasteiger partial charge in [-0.15, -0.1) is 0 Å². The summed E-state index contributed by atoms with van der Waals surface area (Å²) in [4.78, 5) is 10.9. The second-order valence-electron chi connectivity index (χ2n) is 3.24. The minimum atomic E-state index is -0.949. The summed E-state index contributed by atoms with van der Waals surface area (Å²) >= 11 is 0. The first-order valence-corrected chi connectivity index (χ1v) is 4.78. The lowest BCUT2D eigenvalue weighted by Crippen LogP contribution is -2.21. The summed E-state index contributed by atoms with van der Waals surface area (Å²) < 4.78 is 10.2. The quantitative estimate of drug-likeness (QED) is 0.775. The Morgan fingerprint density at radius 1 is 1.38 bits per heavy atom. The van der Waals surface area contributed by atoms with Crippen molar-refractivity contribution < 1.29 is 19.4 Å². The number of carboxylic acid groups (broad SMARTS) is 1. The molecule has 16 heavy (non-hydrogen) atoms. The molecule has 1 rings (SSSR count). The molecular formula is C11H15NO4. The fraction of sp³-hybridized carbons (Fsp3) is 0.364. The number of hydrogen-bond donors (Lipinski definition) is 2. The summed E-state index contributed by atoms with van der Waals surface area (Å²) in [5, 5.41) is 8.96. The van der Waals surface area contributed by atoms with Crippen molar-refractivity contribution in [3.8, 4) is 11.5 Å². The van der Waals surface area contributed by atoms with Crippen molar-refractivity contribution in [2.45, 2.75) is 5.92 Å². The zero-order valence-corrected chi connectivity index (χ0v) is 9.27. The zero-order chi connectivity index (χ0) is 12.1. The minimum Gasteiger partial charge on any atom is -0.493 e. The van der Waals surface area contributed by atoms with Gasteiger partial charge in [-0.05, 0) is 17.7 Å². The number of benzene rings is 1. The Hall–Kier alpha value is -1.75. The first kappa shape index (κ1) is 12.3. The molecule has 88 valence electrons. The highest BCUT2D eigenvalue weighted by molar-refractivity contribution is 5.76. The number of rotatable bonds is 5. The predicted octanol–water partition coefficient (Wildman–Crippen LogP) is 0.831. The Labute approximate surface area is 93.8 Å². The monoisotopic (exact) mass is 225 g/mol. The van der Waals surface area contributed by atoms with E-state index >= 15 is 0 Å². The van der Waals surface area contributed by atoms with Crippen LogP contribution >= 0.6 is 0 Å². The van der Waals surface area contributed by atoms with Crippen LogP contribution in [0.1, 0.15) is 11.5 Å². The molecule has 1 atom stereocenters. The molecule has 0 aromatic heterocycles. The second-order valence-corrected chi connectivity index (χ2v) is 3.24. The van der Waals surface area contributed by atoms with Gasteiger partial charge in [-0.25, -0.2) is 0 Å². The highest BCUT2D eigenvalue weighted by Crippen LogP contribution is 2.30. The smallest absolute Gasteiger partial charge is 0.312 e. The van der Waals surface area contributed by atoms with E-state index < -0.39 is 11.9 Å². The summed E-state index contributed by atoms with van der Waals surface area (Å²) in [5.74, 6) is -0.610. The molecular weight excluding hydrogens is 210 g/mol. The third-order valence-electron chi connectivity index (χ3n) is 2.34. The third-order valence-corrected chi connectivity index (χ3v) is 2.34. The summed E-state index contributed by atoms with van der Waals surface area (Å²) in [6.45, 7) is 0.0464. The van der Waals surface area contributed by atoms with Gasteiger partial charge in [-0.3, -0.25) is 4.79 Å². The van der Waals surface area contributed by atoms with Crippen molar-refractivity contribution in [1.29, 1.82) is 0 Å². The van der Waals surface area contributed by atoms with Crippen molar-refractivity contribution >= 4 is 5.97 Å². The van der Waals surface area contributed by atoms with E-state index in [2.05, 4.69) is 0 Å². The van der Waals surface area contributed by atoms with E-state index in [-0.39, 0.29) is 6.54 Å². The number of methoxy groups -OCH3 is 2. The SMILES string of the molecule is COc1ccc([C@H](CN)C(=O)O)cc1OC. The molecule has 0 saturated carbocycles. The number of carbonyl (C=O) groups is 1. The van der Waals surface area contributed by atoms with E-state index in [0.717, 1.165) is 0 Å². The summed E-state index contributed by atoms with van der Waals surface area (Å²) in [6.07, 6.45) is 0. The summed E-state index contributed by atoms with van der Waals surface area (Å²) in [5.41, 5.74) is 6.02. The molecule has 0 fully saturated rings. The molecule has 1 aromatic rings. The van der Waals surface area contributed by atoms with Crippen LogP contribution in [-0.2, 0) is 4.79 Å². The molecule has 1 aromatic carbocycles. The van der Waals surface area contributed by atoms with Crippen LogP contribution in [0.5, 0.6) is 11.5 Å². The number of hydrogen-bond acceptors (Lipinski definition) is 4. The van der Waals surface area contributed by atoms with Crippen LogP contribution in [0.4, 0.5) is 0 Å². The average Bonchev–Trinajstić information content (AvgIpc) is 2.29. The highest BCUT2D eigenvalue weighted by Gasteiger charge is 2.19. The molecule has 3 N–H and O–H groups in total. The highest BCUT2D eigenvalue weighted by atomic mass is 16.5. The number of carboxylic acids is 1. The maximum Gasteiger partial charge on any atom is 0.312 e. The Morgan fingerprint density at radius 3 is 2.44 bits per heavy atom. The van der Waals surface area contributed by atoms with Gasteiger partial charge in [-0.2, -0.15) is 0 Å². The van der Waals surface area contributed by atoms with Crippen molar-refractivity contribution in [3.05, 3.63) is 23.8 Å². The first-order chi connectivity index (χ1) is 7.63. The number of aliphatic carboxylic acids is 1. The third kappa shape index (κ3) is 2.43. The normalized spacial score (nSPS) is 11.9. The molecule has 0 heterocycles. The lowest BCUT2D eigenvalue weighted by Gasteiger charge is -2.13. The second kappa shape index (κ2) is 5.37. The van der Waals surface area contributed by atoms with Crippen molar-refractivity contribution in [3.63, 3.8) is 0 Å². The first-order valence-electron chi connectivity index (χ1n) is 4.78. The summed E-state index contributed by atoms with van der Waals surface area (Å²) in [6, 6.07) is 4.97. The maximum atomic E-state index is 10.9. The lowest BCUT2D eigenvalue weighted by molar-refractivity contribution is -0.138. The minimum absolute atomic E-state index is 0.0464. The molecule has 0 unspecified atom stereocenters. The maximum absolute atomic E-state index is 10.9. The molecule has 0 saturated heterocycles. The standard InChI is InChI=1S/C11H15NO4/c1-15-9-4-3-7(5-10(9)16-2)8(6-12)11(13)14/h3-5,8H,6,12H2,1-2H3,(H,13,14)/t8-/m0/s1. The predicted molar refractivity (Wildman–Crippen MR) is 59.0 cm³/mol. The Balaban J connectivity index is 3.11. The molecule has 0 aliphatic rings. The Morgan fingerprint density at radius 2 is 2.00 bits per heavy atom. The molecule has 0 aliphatic heterocycles. The molecule has 0 radical (unpaired) electrons. The van der Waals surface area contributed by atoms with E-state index in [0.29, 0.717) is 17.1 Å². The van der Waals surface area contributed by atoms with Crippen LogP contribution in [0.2, 0.25) is 0 Å². The van der Waals surface area contributed by atoms with Gasteiger partial charge < -0.3 is 20.3 Å². The van der Waals surface area contributed by atoms with Crippen LogP contribution < -0.4 is 15.2 Å². The fourth-order valence-electron chi connectivity index (χ4n) is 1.45. The van der Waals surface area contributed by atoms with Crippen LogP contribution in [0.15, 0.2) is 18.2 Å². The van der Waals surface area contributed by atoms with E-state index in [1.165, 1.54) is 14.2 Å². The van der Waals surface area contributed by atoms with Crippen LogP contribution in [0.25, 0.3) is 0 Å². The van der Waals surface area contributed by atoms with E-state index in [1.54, 1.807) is 18.2 Å². The van der Waals surface area contributed by atoms with Gasteiger partial charge in [0.1, 0.15) is 0 Å². The molecule has 0 bridgehead atoms. The molecule has 5 nitrogen and oxygen atoms in total. The number of ether oxygens (including phenoxy) is 2.